The standard InChI is InChI=1S/C31H37N3O5S/c1-3-26(31(36)32-24-13-4-5-14-24)33(21-22-10-6-15-25(20-22)39-2)29(35)18-9-19-34-27-16-7-11-23-12-8-17-28(30(23)27)40(34,37)38/h6-8,10-12,15-17,20,24,26H,3-5,9,13-14,18-19,21H2,1-2H3,(H,32,36). The smallest absolute Gasteiger partial charge is 0.265 e. The number of ether oxygens (including phenoxy) is 1. The average Bonchev–Trinajstić information content (AvgIpc) is 3.54. The SMILES string of the molecule is CCC(C(=O)NC1CCCC1)N(Cc1cccc(OC)c1)C(=O)CCCN1c2cccc3cccc(c23)S1(=O)=O. The maximum Gasteiger partial charge on any atom is 0.265 e. The quantitative estimate of drug-likeness (QED) is 0.354. The third-order valence-electron chi connectivity index (χ3n) is 8.01. The van der Waals surface area contributed by atoms with Crippen molar-refractivity contribution in [3.63, 3.8) is 0 Å². The van der Waals surface area contributed by atoms with Gasteiger partial charge >= 0.3 is 0 Å². The van der Waals surface area contributed by atoms with Gasteiger partial charge in [-0.05, 0) is 60.9 Å². The second-order valence-electron chi connectivity index (χ2n) is 10.6. The Morgan fingerprint density at radius 1 is 1.07 bits per heavy atom. The Labute approximate surface area is 236 Å². The van der Waals surface area contributed by atoms with Crippen LogP contribution in [0.2, 0.25) is 0 Å². The number of amides is 2. The molecule has 1 atom stereocenters. The first-order valence-electron chi connectivity index (χ1n) is 14.1. The molecule has 2 amide bonds. The van der Waals surface area contributed by atoms with Gasteiger partial charge in [-0.3, -0.25) is 13.9 Å². The van der Waals surface area contributed by atoms with Crippen molar-refractivity contribution in [3.05, 3.63) is 66.2 Å². The van der Waals surface area contributed by atoms with Crippen molar-refractivity contribution >= 4 is 38.3 Å². The van der Waals surface area contributed by atoms with Crippen molar-refractivity contribution in [1.29, 1.82) is 0 Å². The van der Waals surface area contributed by atoms with Crippen LogP contribution in [0.4, 0.5) is 5.69 Å². The largest absolute Gasteiger partial charge is 0.497 e. The zero-order chi connectivity index (χ0) is 28.3. The van der Waals surface area contributed by atoms with Gasteiger partial charge in [0.2, 0.25) is 11.8 Å². The lowest BCUT2D eigenvalue weighted by atomic mass is 10.1. The van der Waals surface area contributed by atoms with Crippen LogP contribution in [-0.2, 0) is 26.2 Å². The van der Waals surface area contributed by atoms with E-state index in [2.05, 4.69) is 5.32 Å². The van der Waals surface area contributed by atoms with Gasteiger partial charge in [0, 0.05) is 30.9 Å². The number of methoxy groups -OCH3 is 1. The molecule has 1 heterocycles. The van der Waals surface area contributed by atoms with Crippen molar-refractivity contribution in [1.82, 2.24) is 10.2 Å². The van der Waals surface area contributed by atoms with Crippen LogP contribution in [0, 0.1) is 0 Å². The highest BCUT2D eigenvalue weighted by Crippen LogP contribution is 2.42. The maximum absolute atomic E-state index is 13.7. The van der Waals surface area contributed by atoms with Crippen LogP contribution in [0.1, 0.15) is 57.4 Å². The van der Waals surface area contributed by atoms with Crippen LogP contribution in [-0.4, -0.2) is 50.9 Å². The summed E-state index contributed by atoms with van der Waals surface area (Å²) >= 11 is 0. The molecule has 0 bridgehead atoms. The molecule has 8 nitrogen and oxygen atoms in total. The molecule has 0 radical (unpaired) electrons. The molecule has 212 valence electrons. The Morgan fingerprint density at radius 2 is 1.80 bits per heavy atom. The summed E-state index contributed by atoms with van der Waals surface area (Å²) in [4.78, 5) is 29.1. The minimum absolute atomic E-state index is 0.121. The second-order valence-corrected chi connectivity index (χ2v) is 12.4. The first kappa shape index (κ1) is 28.0. The number of sulfonamides is 1. The van der Waals surface area contributed by atoms with Crippen molar-refractivity contribution < 1.29 is 22.7 Å². The molecule has 40 heavy (non-hydrogen) atoms. The van der Waals surface area contributed by atoms with E-state index >= 15 is 0 Å². The topological polar surface area (TPSA) is 96.0 Å². The van der Waals surface area contributed by atoms with E-state index in [-0.39, 0.29) is 37.4 Å². The summed E-state index contributed by atoms with van der Waals surface area (Å²) in [6.45, 7) is 2.36. The van der Waals surface area contributed by atoms with Gasteiger partial charge in [0.25, 0.3) is 10.0 Å². The molecular formula is C31H37N3O5S. The normalized spacial score (nSPS) is 16.7. The molecular weight excluding hydrogens is 526 g/mol. The van der Waals surface area contributed by atoms with Crippen LogP contribution < -0.4 is 14.4 Å². The van der Waals surface area contributed by atoms with Crippen LogP contribution >= 0.6 is 0 Å². The van der Waals surface area contributed by atoms with Gasteiger partial charge in [-0.2, -0.15) is 0 Å². The highest BCUT2D eigenvalue weighted by atomic mass is 32.2. The monoisotopic (exact) mass is 563 g/mol. The zero-order valence-corrected chi connectivity index (χ0v) is 24.0. The number of hydrogen-bond acceptors (Lipinski definition) is 5. The minimum atomic E-state index is -3.69. The molecule has 2 aliphatic rings. The number of benzene rings is 3. The summed E-state index contributed by atoms with van der Waals surface area (Å²) in [6.07, 6.45) is 5.06. The number of hydrogen-bond donors (Lipinski definition) is 1. The fourth-order valence-electron chi connectivity index (χ4n) is 5.97. The van der Waals surface area contributed by atoms with E-state index in [1.54, 1.807) is 24.1 Å². The Kier molecular flexibility index (Phi) is 8.30. The summed E-state index contributed by atoms with van der Waals surface area (Å²) < 4.78 is 33.5. The summed E-state index contributed by atoms with van der Waals surface area (Å²) in [6, 6.07) is 17.9. The van der Waals surface area contributed by atoms with E-state index in [0.717, 1.165) is 42.0 Å². The van der Waals surface area contributed by atoms with Crippen LogP contribution in [0.25, 0.3) is 10.8 Å². The molecule has 1 fully saturated rings. The molecule has 5 rings (SSSR count). The molecule has 1 saturated carbocycles. The molecule has 9 heteroatoms. The lowest BCUT2D eigenvalue weighted by molar-refractivity contribution is -0.141. The number of rotatable bonds is 11. The van der Waals surface area contributed by atoms with Gasteiger partial charge < -0.3 is 15.0 Å². The summed E-state index contributed by atoms with van der Waals surface area (Å²) in [7, 11) is -2.10. The van der Waals surface area contributed by atoms with Gasteiger partial charge in [-0.15, -0.1) is 0 Å². The van der Waals surface area contributed by atoms with Crippen LogP contribution in [0.15, 0.2) is 65.6 Å². The fraction of sp³-hybridized carbons (Fsp3) is 0.419. The molecule has 0 saturated heterocycles. The zero-order valence-electron chi connectivity index (χ0n) is 23.1. The van der Waals surface area contributed by atoms with Gasteiger partial charge in [0.05, 0.1) is 17.7 Å². The second kappa shape index (κ2) is 11.9. The summed E-state index contributed by atoms with van der Waals surface area (Å²) in [5, 5.41) is 4.76. The predicted octanol–water partition coefficient (Wildman–Crippen LogP) is 5.00. The average molecular weight is 564 g/mol. The molecule has 3 aromatic rings. The minimum Gasteiger partial charge on any atom is -0.497 e. The molecule has 1 N–H and O–H groups in total. The maximum atomic E-state index is 13.7. The van der Waals surface area contributed by atoms with E-state index < -0.39 is 16.1 Å². The Morgan fingerprint density at radius 3 is 2.52 bits per heavy atom. The summed E-state index contributed by atoms with van der Waals surface area (Å²) in [5.41, 5.74) is 1.51. The Balaban J connectivity index is 1.33. The van der Waals surface area contributed by atoms with Crippen molar-refractivity contribution in [2.75, 3.05) is 18.0 Å². The van der Waals surface area contributed by atoms with Crippen LogP contribution in [0.3, 0.4) is 0 Å². The Bertz CT molecular complexity index is 1490. The van der Waals surface area contributed by atoms with Gasteiger partial charge in [0.1, 0.15) is 11.8 Å². The molecule has 1 unspecified atom stereocenters. The Hall–Kier alpha value is -3.59. The molecule has 1 aliphatic carbocycles. The third kappa shape index (κ3) is 5.52. The lowest BCUT2D eigenvalue weighted by Crippen LogP contribution is -2.51. The van der Waals surface area contributed by atoms with E-state index in [0.29, 0.717) is 29.2 Å². The van der Waals surface area contributed by atoms with Crippen molar-refractivity contribution in [2.24, 2.45) is 0 Å². The first-order chi connectivity index (χ1) is 19.3. The molecule has 3 aromatic carbocycles. The van der Waals surface area contributed by atoms with E-state index in [9.17, 15) is 18.0 Å². The number of carbonyl (C=O) groups excluding carboxylic acids is 2. The third-order valence-corrected chi connectivity index (χ3v) is 9.86. The molecule has 1 aliphatic heterocycles. The van der Waals surface area contributed by atoms with Crippen molar-refractivity contribution in [2.45, 2.75) is 75.4 Å². The first-order valence-corrected chi connectivity index (χ1v) is 15.5. The molecule has 0 aromatic heterocycles. The van der Waals surface area contributed by atoms with Gasteiger partial charge in [-0.1, -0.05) is 56.2 Å². The highest BCUT2D eigenvalue weighted by Gasteiger charge is 2.36. The lowest BCUT2D eigenvalue weighted by Gasteiger charge is -2.32. The highest BCUT2D eigenvalue weighted by molar-refractivity contribution is 7.93. The summed E-state index contributed by atoms with van der Waals surface area (Å²) in [5.74, 6) is 0.375. The van der Waals surface area contributed by atoms with E-state index in [1.165, 1.54) is 4.31 Å². The molecule has 0 spiro atoms. The fourth-order valence-corrected chi connectivity index (χ4v) is 7.72. The predicted molar refractivity (Wildman–Crippen MR) is 156 cm³/mol. The van der Waals surface area contributed by atoms with Crippen LogP contribution in [0.5, 0.6) is 5.75 Å². The van der Waals surface area contributed by atoms with Crippen molar-refractivity contribution in [3.8, 4) is 5.75 Å². The number of nitrogens with zero attached hydrogens (tertiary/aromatic N) is 2. The van der Waals surface area contributed by atoms with E-state index in [4.69, 9.17) is 4.74 Å². The van der Waals surface area contributed by atoms with E-state index in [1.807, 2.05) is 55.5 Å². The number of anilines is 1. The van der Waals surface area contributed by atoms with Gasteiger partial charge in [0.15, 0.2) is 0 Å². The number of carbonyl (C=O) groups is 2. The number of nitrogens with one attached hydrogen (secondary N) is 1. The van der Waals surface area contributed by atoms with Gasteiger partial charge in [-0.25, -0.2) is 8.42 Å².